The Hall–Kier alpha value is -0.0800. The molecule has 2 saturated carbocycles. The van der Waals surface area contributed by atoms with Crippen LogP contribution in [0.25, 0.3) is 0 Å². The average molecular weight is 266 g/mol. The minimum absolute atomic E-state index is 0.480. The normalized spacial score (nSPS) is 36.6. The van der Waals surface area contributed by atoms with Gasteiger partial charge in [-0.25, -0.2) is 0 Å². The van der Waals surface area contributed by atoms with E-state index in [1.54, 1.807) is 0 Å². The van der Waals surface area contributed by atoms with Crippen LogP contribution in [0.2, 0.25) is 0 Å². The quantitative estimate of drug-likeness (QED) is 0.816. The van der Waals surface area contributed by atoms with Crippen molar-refractivity contribution in [1.82, 2.24) is 4.90 Å². The number of hydrogen-bond donors (Lipinski definition) is 1. The molecule has 0 saturated heterocycles. The van der Waals surface area contributed by atoms with Gasteiger partial charge in [0.05, 0.1) is 0 Å². The molecule has 0 heterocycles. The molecule has 2 heteroatoms. The van der Waals surface area contributed by atoms with Gasteiger partial charge in [0.25, 0.3) is 0 Å². The summed E-state index contributed by atoms with van der Waals surface area (Å²) in [6.07, 6.45) is 13.7. The fraction of sp³-hybridized carbons (Fsp3) is 1.00. The molecule has 0 aromatic rings. The maximum absolute atomic E-state index is 6.08. The van der Waals surface area contributed by atoms with Crippen molar-refractivity contribution in [2.45, 2.75) is 96.2 Å². The zero-order valence-corrected chi connectivity index (χ0v) is 13.1. The van der Waals surface area contributed by atoms with Crippen molar-refractivity contribution in [3.8, 4) is 0 Å². The van der Waals surface area contributed by atoms with Gasteiger partial charge in [-0.05, 0) is 57.4 Å². The van der Waals surface area contributed by atoms with Gasteiger partial charge in [-0.2, -0.15) is 0 Å². The fourth-order valence-corrected chi connectivity index (χ4v) is 4.41. The van der Waals surface area contributed by atoms with E-state index in [0.717, 1.165) is 18.0 Å². The van der Waals surface area contributed by atoms with Crippen LogP contribution in [0.15, 0.2) is 0 Å². The lowest BCUT2D eigenvalue weighted by Crippen LogP contribution is -2.50. The van der Waals surface area contributed by atoms with Gasteiger partial charge in [0.2, 0.25) is 0 Å². The molecule has 2 aliphatic rings. The molecule has 0 aromatic heterocycles. The second kappa shape index (κ2) is 7.64. The molecule has 2 nitrogen and oxygen atoms in total. The maximum atomic E-state index is 6.08. The molecule has 0 aliphatic heterocycles. The Labute approximate surface area is 120 Å². The molecule has 0 spiro atoms. The second-order valence-electron chi connectivity index (χ2n) is 6.83. The van der Waals surface area contributed by atoms with E-state index in [2.05, 4.69) is 18.7 Å². The first-order valence-electron chi connectivity index (χ1n) is 8.77. The van der Waals surface area contributed by atoms with E-state index in [-0.39, 0.29) is 0 Å². The maximum Gasteiger partial charge on any atom is 0.0126 e. The molecule has 2 atom stereocenters. The Kier molecular flexibility index (Phi) is 6.15. The molecule has 2 N–H and O–H groups in total. The van der Waals surface area contributed by atoms with Gasteiger partial charge in [0.1, 0.15) is 0 Å². The SMILES string of the molecule is CCCN(C1CCC(N)CC1)C1CCCCC1CC. The van der Waals surface area contributed by atoms with E-state index in [9.17, 15) is 0 Å². The Morgan fingerprint density at radius 3 is 2.26 bits per heavy atom. The third-order valence-electron chi connectivity index (χ3n) is 5.51. The smallest absolute Gasteiger partial charge is 0.0126 e. The van der Waals surface area contributed by atoms with Gasteiger partial charge in [0.15, 0.2) is 0 Å². The molecule has 0 amide bonds. The Morgan fingerprint density at radius 1 is 0.947 bits per heavy atom. The van der Waals surface area contributed by atoms with Gasteiger partial charge in [-0.1, -0.05) is 33.1 Å². The highest BCUT2D eigenvalue weighted by Gasteiger charge is 2.33. The molecule has 19 heavy (non-hydrogen) atoms. The predicted octanol–water partition coefficient (Wildman–Crippen LogP) is 3.94. The van der Waals surface area contributed by atoms with Crippen molar-refractivity contribution in [2.75, 3.05) is 6.54 Å². The Balaban J connectivity index is 2.00. The molecular weight excluding hydrogens is 232 g/mol. The molecule has 112 valence electrons. The minimum atomic E-state index is 0.480. The van der Waals surface area contributed by atoms with Crippen LogP contribution in [0.4, 0.5) is 0 Å². The van der Waals surface area contributed by atoms with Crippen molar-refractivity contribution < 1.29 is 0 Å². The van der Waals surface area contributed by atoms with Crippen LogP contribution in [0, 0.1) is 5.92 Å². The molecule has 2 rings (SSSR count). The third-order valence-corrected chi connectivity index (χ3v) is 5.51. The molecule has 0 aromatic carbocycles. The largest absolute Gasteiger partial charge is 0.328 e. The average Bonchev–Trinajstić information content (AvgIpc) is 2.46. The monoisotopic (exact) mass is 266 g/mol. The van der Waals surface area contributed by atoms with Crippen LogP contribution in [0.5, 0.6) is 0 Å². The Morgan fingerprint density at radius 2 is 1.63 bits per heavy atom. The highest BCUT2D eigenvalue weighted by Crippen LogP contribution is 2.34. The van der Waals surface area contributed by atoms with Gasteiger partial charge in [-0.3, -0.25) is 4.90 Å². The van der Waals surface area contributed by atoms with Gasteiger partial charge in [0, 0.05) is 18.1 Å². The van der Waals surface area contributed by atoms with Crippen LogP contribution >= 0.6 is 0 Å². The summed E-state index contributed by atoms with van der Waals surface area (Å²) in [5, 5.41) is 0. The zero-order chi connectivity index (χ0) is 13.7. The third kappa shape index (κ3) is 3.95. The van der Waals surface area contributed by atoms with Crippen molar-refractivity contribution >= 4 is 0 Å². The summed E-state index contributed by atoms with van der Waals surface area (Å²) in [4.78, 5) is 2.90. The molecule has 2 fully saturated rings. The van der Waals surface area contributed by atoms with Gasteiger partial charge in [-0.15, -0.1) is 0 Å². The predicted molar refractivity (Wildman–Crippen MR) is 83.3 cm³/mol. The van der Waals surface area contributed by atoms with Crippen LogP contribution < -0.4 is 5.73 Å². The standard InChI is InChI=1S/C17H34N2/c1-3-13-19(16-11-9-15(18)10-12-16)17-8-6-5-7-14(17)4-2/h14-17H,3-13,18H2,1-2H3. The molecule has 0 bridgehead atoms. The summed E-state index contributed by atoms with van der Waals surface area (Å²) < 4.78 is 0. The van der Waals surface area contributed by atoms with Crippen molar-refractivity contribution in [3.63, 3.8) is 0 Å². The number of rotatable bonds is 5. The second-order valence-corrected chi connectivity index (χ2v) is 6.83. The van der Waals surface area contributed by atoms with Crippen LogP contribution in [0.3, 0.4) is 0 Å². The summed E-state index contributed by atoms with van der Waals surface area (Å²) in [5.74, 6) is 0.955. The lowest BCUT2D eigenvalue weighted by Gasteiger charge is -2.46. The van der Waals surface area contributed by atoms with Crippen LogP contribution in [-0.4, -0.2) is 29.6 Å². The summed E-state index contributed by atoms with van der Waals surface area (Å²) in [5.41, 5.74) is 6.08. The van der Waals surface area contributed by atoms with Gasteiger partial charge >= 0.3 is 0 Å². The lowest BCUT2D eigenvalue weighted by atomic mass is 9.80. The van der Waals surface area contributed by atoms with Crippen LogP contribution in [0.1, 0.15) is 78.1 Å². The van der Waals surface area contributed by atoms with Crippen molar-refractivity contribution in [1.29, 1.82) is 0 Å². The first-order valence-corrected chi connectivity index (χ1v) is 8.77. The molecule has 0 radical (unpaired) electrons. The van der Waals surface area contributed by atoms with E-state index in [1.807, 2.05) is 0 Å². The van der Waals surface area contributed by atoms with Gasteiger partial charge < -0.3 is 5.73 Å². The summed E-state index contributed by atoms with van der Waals surface area (Å²) in [6.45, 7) is 6.04. The highest BCUT2D eigenvalue weighted by atomic mass is 15.2. The summed E-state index contributed by atoms with van der Waals surface area (Å²) >= 11 is 0. The van der Waals surface area contributed by atoms with E-state index in [0.29, 0.717) is 6.04 Å². The number of nitrogens with zero attached hydrogens (tertiary/aromatic N) is 1. The first-order chi connectivity index (χ1) is 9.26. The topological polar surface area (TPSA) is 29.3 Å². The van der Waals surface area contributed by atoms with E-state index in [4.69, 9.17) is 5.73 Å². The van der Waals surface area contributed by atoms with Crippen molar-refractivity contribution in [2.24, 2.45) is 11.7 Å². The minimum Gasteiger partial charge on any atom is -0.328 e. The first kappa shape index (κ1) is 15.3. The van der Waals surface area contributed by atoms with E-state index < -0.39 is 0 Å². The number of nitrogens with two attached hydrogens (primary N) is 1. The molecular formula is C17H34N2. The summed E-state index contributed by atoms with van der Waals surface area (Å²) in [6, 6.07) is 2.18. The van der Waals surface area contributed by atoms with E-state index in [1.165, 1.54) is 70.8 Å². The summed E-state index contributed by atoms with van der Waals surface area (Å²) in [7, 11) is 0. The van der Waals surface area contributed by atoms with Crippen molar-refractivity contribution in [3.05, 3.63) is 0 Å². The number of hydrogen-bond acceptors (Lipinski definition) is 2. The Bertz CT molecular complexity index is 246. The zero-order valence-electron chi connectivity index (χ0n) is 13.1. The highest BCUT2D eigenvalue weighted by molar-refractivity contribution is 4.89. The molecule has 2 aliphatic carbocycles. The van der Waals surface area contributed by atoms with E-state index >= 15 is 0 Å². The fourth-order valence-electron chi connectivity index (χ4n) is 4.41. The lowest BCUT2D eigenvalue weighted by molar-refractivity contribution is 0.0423. The van der Waals surface area contributed by atoms with Crippen LogP contribution in [-0.2, 0) is 0 Å². The molecule has 2 unspecified atom stereocenters.